The summed E-state index contributed by atoms with van der Waals surface area (Å²) in [6.07, 6.45) is 4.19. The van der Waals surface area contributed by atoms with E-state index < -0.39 is 0 Å². The van der Waals surface area contributed by atoms with E-state index in [1.54, 1.807) is 16.7 Å². The second-order valence-electron chi connectivity index (χ2n) is 7.83. The fraction of sp³-hybridized carbons (Fsp3) is 0.143. The molecule has 1 fully saturated rings. The number of hydrogen-bond donors (Lipinski definition) is 0. The molecular formula is C28H25N3OS2. The van der Waals surface area contributed by atoms with Gasteiger partial charge in [-0.3, -0.25) is 9.69 Å². The van der Waals surface area contributed by atoms with Gasteiger partial charge in [-0.1, -0.05) is 78.5 Å². The van der Waals surface area contributed by atoms with Crippen LogP contribution < -0.4 is 4.90 Å². The van der Waals surface area contributed by atoms with Crippen LogP contribution in [0.2, 0.25) is 0 Å². The third-order valence-electron chi connectivity index (χ3n) is 5.68. The van der Waals surface area contributed by atoms with Crippen LogP contribution in [0.15, 0.2) is 98.7 Å². The Bertz CT molecular complexity index is 1300. The van der Waals surface area contributed by atoms with E-state index in [1.807, 2.05) is 49.4 Å². The first-order valence-electron chi connectivity index (χ1n) is 11.4. The maximum Gasteiger partial charge on any atom is 0.269 e. The number of para-hydroxylation sites is 1. The number of hydrogen-bond acceptors (Lipinski definition) is 5. The molecule has 170 valence electrons. The lowest BCUT2D eigenvalue weighted by Crippen LogP contribution is -2.29. The van der Waals surface area contributed by atoms with Gasteiger partial charge in [0.05, 0.1) is 11.4 Å². The van der Waals surface area contributed by atoms with E-state index in [-0.39, 0.29) is 5.91 Å². The maximum atomic E-state index is 13.3. The minimum atomic E-state index is 0.0300. The van der Waals surface area contributed by atoms with E-state index in [1.165, 1.54) is 27.9 Å². The molecule has 0 aliphatic carbocycles. The lowest BCUT2D eigenvalue weighted by Gasteiger charge is -2.19. The first-order valence-corrected chi connectivity index (χ1v) is 13.0. The van der Waals surface area contributed by atoms with E-state index in [4.69, 9.17) is 4.99 Å². The Morgan fingerprint density at radius 1 is 0.765 bits per heavy atom. The van der Waals surface area contributed by atoms with E-state index in [0.29, 0.717) is 6.54 Å². The van der Waals surface area contributed by atoms with Crippen LogP contribution in [0.25, 0.3) is 12.2 Å². The van der Waals surface area contributed by atoms with Gasteiger partial charge in [0.1, 0.15) is 9.93 Å². The zero-order valence-corrected chi connectivity index (χ0v) is 20.8. The zero-order valence-electron chi connectivity index (χ0n) is 19.1. The van der Waals surface area contributed by atoms with Crippen LogP contribution in [-0.2, 0) is 4.79 Å². The lowest BCUT2D eigenvalue weighted by molar-refractivity contribution is -0.122. The number of amides is 1. The predicted molar refractivity (Wildman–Crippen MR) is 146 cm³/mol. The van der Waals surface area contributed by atoms with Gasteiger partial charge in [0.2, 0.25) is 0 Å². The fourth-order valence-corrected chi connectivity index (χ4v) is 6.40. The van der Waals surface area contributed by atoms with Crippen LogP contribution in [0.5, 0.6) is 0 Å². The highest BCUT2D eigenvalue weighted by Crippen LogP contribution is 2.50. The summed E-state index contributed by atoms with van der Waals surface area (Å²) in [6.45, 7) is 5.51. The summed E-state index contributed by atoms with van der Waals surface area (Å²) in [6, 6.07) is 26.7. The summed E-state index contributed by atoms with van der Waals surface area (Å²) < 4.78 is 0. The van der Waals surface area contributed by atoms with Crippen LogP contribution in [0, 0.1) is 0 Å². The van der Waals surface area contributed by atoms with Crippen molar-refractivity contribution in [3.63, 3.8) is 0 Å². The molecule has 2 aliphatic rings. The molecule has 6 heteroatoms. The van der Waals surface area contributed by atoms with Crippen molar-refractivity contribution in [2.24, 2.45) is 4.99 Å². The van der Waals surface area contributed by atoms with Gasteiger partial charge in [-0.15, -0.1) is 0 Å². The van der Waals surface area contributed by atoms with Gasteiger partial charge in [0.25, 0.3) is 5.91 Å². The Morgan fingerprint density at radius 3 is 2.12 bits per heavy atom. The van der Waals surface area contributed by atoms with E-state index in [9.17, 15) is 4.79 Å². The van der Waals surface area contributed by atoms with Gasteiger partial charge in [0.15, 0.2) is 5.17 Å². The number of rotatable bonds is 5. The van der Waals surface area contributed by atoms with Gasteiger partial charge in [-0.05, 0) is 61.0 Å². The highest BCUT2D eigenvalue weighted by Gasteiger charge is 2.38. The Labute approximate surface area is 209 Å². The number of aliphatic imine (C=N–C) groups is 1. The van der Waals surface area contributed by atoms with Crippen molar-refractivity contribution >= 4 is 58.1 Å². The Balaban J connectivity index is 1.40. The predicted octanol–water partition coefficient (Wildman–Crippen LogP) is 7.24. The van der Waals surface area contributed by atoms with Crippen molar-refractivity contribution in [3.8, 4) is 0 Å². The molecule has 0 unspecified atom stereocenters. The quantitative estimate of drug-likeness (QED) is 0.283. The monoisotopic (exact) mass is 483 g/mol. The normalized spacial score (nSPS) is 19.0. The number of nitrogens with zero attached hydrogens (tertiary/aromatic N) is 3. The zero-order chi connectivity index (χ0) is 23.5. The number of thioether (sulfide) groups is 2. The van der Waals surface area contributed by atoms with Crippen LogP contribution in [0.3, 0.4) is 0 Å². The number of benzene rings is 3. The van der Waals surface area contributed by atoms with Gasteiger partial charge in [-0.2, -0.15) is 0 Å². The highest BCUT2D eigenvalue weighted by atomic mass is 32.2. The van der Waals surface area contributed by atoms with Crippen LogP contribution in [0.4, 0.5) is 11.4 Å². The van der Waals surface area contributed by atoms with Gasteiger partial charge < -0.3 is 4.90 Å². The molecular weight excluding hydrogens is 458 g/mol. The lowest BCUT2D eigenvalue weighted by atomic mass is 10.1. The molecule has 4 nitrogen and oxygen atoms in total. The number of anilines is 1. The Hall–Kier alpha value is -3.22. The molecule has 34 heavy (non-hydrogen) atoms. The smallest absolute Gasteiger partial charge is 0.269 e. The number of likely N-dealkylation sites (N-methyl/N-ethyl adjacent to an activating group) is 1. The first-order chi connectivity index (χ1) is 16.7. The summed E-state index contributed by atoms with van der Waals surface area (Å²) >= 11 is 3.15. The highest BCUT2D eigenvalue weighted by molar-refractivity contribution is 8.19. The topological polar surface area (TPSA) is 35.9 Å². The molecule has 2 aliphatic heterocycles. The van der Waals surface area contributed by atoms with Crippen molar-refractivity contribution in [1.82, 2.24) is 4.90 Å². The van der Waals surface area contributed by atoms with Crippen molar-refractivity contribution in [3.05, 3.63) is 99.9 Å². The summed E-state index contributed by atoms with van der Waals surface area (Å²) in [5, 5.41) is 1.74. The first kappa shape index (κ1) is 22.6. The number of amidine groups is 1. The van der Waals surface area contributed by atoms with Gasteiger partial charge in [0, 0.05) is 18.0 Å². The molecule has 0 saturated carbocycles. The van der Waals surface area contributed by atoms with Crippen molar-refractivity contribution in [1.29, 1.82) is 0 Å². The minimum Gasteiger partial charge on any atom is -0.334 e. The molecule has 0 N–H and O–H groups in total. The third kappa shape index (κ3) is 4.43. The standard InChI is InChI=1S/C28H25N3OS2/c1-3-30-23-12-8-9-13-24(23)33-27(30)25-26(32)31(4-2)28(34-25)29-22-18-16-21(17-19-22)15-14-20-10-6-5-7-11-20/h5-19H,3-4H2,1-2H3/b15-14+,27-25+,29-28?. The number of fused-ring (bicyclic) bond motifs is 1. The second kappa shape index (κ2) is 9.95. The minimum absolute atomic E-state index is 0.0300. The Morgan fingerprint density at radius 2 is 1.41 bits per heavy atom. The molecule has 1 saturated heterocycles. The molecule has 0 aromatic heterocycles. The average Bonchev–Trinajstić information content (AvgIpc) is 3.40. The SMILES string of the molecule is CCN1C(=O)/C(=C2\Sc3ccccc3N2CC)SC1=Nc1ccc(/C=C/c2ccccc2)cc1. The molecule has 2 heterocycles. The molecule has 1 amide bonds. The van der Waals surface area contributed by atoms with Crippen LogP contribution in [0.1, 0.15) is 25.0 Å². The second-order valence-corrected chi connectivity index (χ2v) is 9.84. The van der Waals surface area contributed by atoms with E-state index in [2.05, 4.69) is 60.4 Å². The molecule has 5 rings (SSSR count). The molecule has 0 atom stereocenters. The molecule has 0 bridgehead atoms. The van der Waals surface area contributed by atoms with Gasteiger partial charge >= 0.3 is 0 Å². The van der Waals surface area contributed by atoms with E-state index >= 15 is 0 Å². The van der Waals surface area contributed by atoms with Crippen molar-refractivity contribution < 1.29 is 4.79 Å². The largest absolute Gasteiger partial charge is 0.334 e. The van der Waals surface area contributed by atoms with Crippen molar-refractivity contribution in [2.45, 2.75) is 18.7 Å². The molecule has 3 aromatic rings. The summed E-state index contributed by atoms with van der Waals surface area (Å²) in [5.41, 5.74) is 4.28. The third-order valence-corrected chi connectivity index (χ3v) is 8.06. The summed E-state index contributed by atoms with van der Waals surface area (Å²) in [5.74, 6) is 0.0300. The summed E-state index contributed by atoms with van der Waals surface area (Å²) in [7, 11) is 0. The fourth-order valence-electron chi connectivity index (χ4n) is 3.94. The number of carbonyl (C=O) groups is 1. The van der Waals surface area contributed by atoms with Crippen LogP contribution in [-0.4, -0.2) is 29.1 Å². The van der Waals surface area contributed by atoms with Gasteiger partial charge in [-0.25, -0.2) is 4.99 Å². The summed E-state index contributed by atoms with van der Waals surface area (Å²) in [4.78, 5) is 24.1. The van der Waals surface area contributed by atoms with Crippen LogP contribution >= 0.6 is 23.5 Å². The average molecular weight is 484 g/mol. The van der Waals surface area contributed by atoms with E-state index in [0.717, 1.165) is 32.9 Å². The van der Waals surface area contributed by atoms with Crippen molar-refractivity contribution in [2.75, 3.05) is 18.0 Å². The maximum absolute atomic E-state index is 13.3. The number of carbonyl (C=O) groups excluding carboxylic acids is 1. The Kier molecular flexibility index (Phi) is 6.61. The molecule has 3 aromatic carbocycles. The molecule has 0 radical (unpaired) electrons. The molecule has 0 spiro atoms.